The van der Waals surface area contributed by atoms with Crippen LogP contribution in [0.25, 0.3) is 0 Å². The highest BCUT2D eigenvalue weighted by molar-refractivity contribution is 8.00. The maximum Gasteiger partial charge on any atom is 0.255 e. The predicted molar refractivity (Wildman–Crippen MR) is 112 cm³/mol. The van der Waals surface area contributed by atoms with Gasteiger partial charge >= 0.3 is 0 Å². The van der Waals surface area contributed by atoms with Crippen LogP contribution in [0.2, 0.25) is 0 Å². The lowest BCUT2D eigenvalue weighted by Crippen LogP contribution is -2.52. The molecular formula is C22H32N2O2S. The van der Waals surface area contributed by atoms with Crippen LogP contribution in [-0.2, 0) is 4.79 Å². The van der Waals surface area contributed by atoms with Gasteiger partial charge in [-0.15, -0.1) is 11.8 Å². The zero-order valence-corrected chi connectivity index (χ0v) is 17.6. The molecule has 1 heterocycles. The highest BCUT2D eigenvalue weighted by Crippen LogP contribution is 2.41. The Morgan fingerprint density at radius 3 is 2.44 bits per heavy atom. The number of carbonyl (C=O) groups excluding carboxylic acids is 2. The van der Waals surface area contributed by atoms with Crippen LogP contribution in [0.3, 0.4) is 0 Å². The van der Waals surface area contributed by atoms with Gasteiger partial charge in [0.15, 0.2) is 0 Å². The Morgan fingerprint density at radius 1 is 1.15 bits per heavy atom. The summed E-state index contributed by atoms with van der Waals surface area (Å²) in [6.45, 7) is 6.85. The van der Waals surface area contributed by atoms with Crippen molar-refractivity contribution in [3.8, 4) is 0 Å². The van der Waals surface area contributed by atoms with Crippen molar-refractivity contribution >= 4 is 23.6 Å². The number of nitrogens with one attached hydrogen (secondary N) is 1. The van der Waals surface area contributed by atoms with Gasteiger partial charge in [0.25, 0.3) is 5.91 Å². The second-order valence-electron chi connectivity index (χ2n) is 8.36. The molecule has 1 aliphatic carbocycles. The summed E-state index contributed by atoms with van der Waals surface area (Å²) in [5.41, 5.74) is 1.82. The van der Waals surface area contributed by atoms with E-state index in [2.05, 4.69) is 19.2 Å². The Bertz CT molecular complexity index is 653. The third-order valence-electron chi connectivity index (χ3n) is 5.61. The summed E-state index contributed by atoms with van der Waals surface area (Å²) in [7, 11) is 0. The number of rotatable bonds is 5. The highest BCUT2D eigenvalue weighted by atomic mass is 32.2. The Balaban J connectivity index is 1.83. The highest BCUT2D eigenvalue weighted by Gasteiger charge is 2.45. The average molecular weight is 389 g/mol. The minimum atomic E-state index is -0.366. The Kier molecular flexibility index (Phi) is 6.85. The number of amides is 2. The number of nitrogens with zero attached hydrogens (tertiary/aromatic N) is 1. The molecule has 2 fully saturated rings. The van der Waals surface area contributed by atoms with Gasteiger partial charge in [-0.25, -0.2) is 0 Å². The maximum absolute atomic E-state index is 13.4. The normalized spacial score (nSPS) is 23.6. The van der Waals surface area contributed by atoms with E-state index in [0.717, 1.165) is 18.4 Å². The molecule has 2 amide bonds. The van der Waals surface area contributed by atoms with Gasteiger partial charge in [-0.3, -0.25) is 9.59 Å². The van der Waals surface area contributed by atoms with Crippen LogP contribution in [0.4, 0.5) is 0 Å². The molecule has 1 saturated carbocycles. The van der Waals surface area contributed by atoms with Crippen LogP contribution < -0.4 is 5.32 Å². The van der Waals surface area contributed by atoms with E-state index in [1.165, 1.54) is 19.3 Å². The summed E-state index contributed by atoms with van der Waals surface area (Å²) in [6, 6.07) is 7.36. The van der Waals surface area contributed by atoms with Crippen LogP contribution in [0, 0.1) is 18.8 Å². The van der Waals surface area contributed by atoms with Crippen molar-refractivity contribution < 1.29 is 9.59 Å². The lowest BCUT2D eigenvalue weighted by Gasteiger charge is -2.35. The first-order valence-corrected chi connectivity index (χ1v) is 11.3. The Morgan fingerprint density at radius 2 is 1.81 bits per heavy atom. The third kappa shape index (κ3) is 4.87. The number of benzene rings is 1. The quantitative estimate of drug-likeness (QED) is 0.821. The van der Waals surface area contributed by atoms with Crippen LogP contribution in [0.15, 0.2) is 24.3 Å². The molecule has 0 bridgehead atoms. The summed E-state index contributed by atoms with van der Waals surface area (Å²) in [6.07, 6.45) is 6.08. The van der Waals surface area contributed by atoms with Crippen molar-refractivity contribution in [3.63, 3.8) is 0 Å². The van der Waals surface area contributed by atoms with Crippen LogP contribution >= 0.6 is 11.8 Å². The van der Waals surface area contributed by atoms with Crippen LogP contribution in [0.1, 0.15) is 61.9 Å². The first-order chi connectivity index (χ1) is 13.0. The molecule has 2 atom stereocenters. The Hall–Kier alpha value is -1.49. The van der Waals surface area contributed by atoms with Gasteiger partial charge in [-0.2, -0.15) is 0 Å². The van der Waals surface area contributed by atoms with Crippen molar-refractivity contribution in [2.24, 2.45) is 11.8 Å². The monoisotopic (exact) mass is 388 g/mol. The molecule has 0 unspecified atom stereocenters. The summed E-state index contributed by atoms with van der Waals surface area (Å²) < 4.78 is 0. The van der Waals surface area contributed by atoms with E-state index in [9.17, 15) is 9.59 Å². The van der Waals surface area contributed by atoms with Gasteiger partial charge in [0.05, 0.1) is 5.37 Å². The average Bonchev–Trinajstić information content (AvgIpc) is 3.12. The van der Waals surface area contributed by atoms with Gasteiger partial charge in [0.1, 0.15) is 6.04 Å². The third-order valence-corrected chi connectivity index (χ3v) is 7.07. The van der Waals surface area contributed by atoms with Crippen LogP contribution in [-0.4, -0.2) is 40.4 Å². The van der Waals surface area contributed by atoms with Gasteiger partial charge in [0, 0.05) is 17.9 Å². The molecule has 2 aliphatic rings. The van der Waals surface area contributed by atoms with E-state index < -0.39 is 0 Å². The van der Waals surface area contributed by atoms with Crippen LogP contribution in [0.5, 0.6) is 0 Å². The zero-order chi connectivity index (χ0) is 19.4. The molecule has 5 heteroatoms. The standard InChI is InChI=1S/C22H32N2O2S/c1-15(2)13-23-20(25)19-14-27-22(18-7-5-4-6-8-18)24(19)21(26)17-11-9-16(3)10-12-17/h9-12,15,18-19,22H,4-8,13-14H2,1-3H3,(H,23,25)/t19-,22-/m0/s1. The van der Waals surface area contributed by atoms with E-state index in [1.807, 2.05) is 36.1 Å². The first kappa shape index (κ1) is 20.2. The molecule has 1 saturated heterocycles. The summed E-state index contributed by atoms with van der Waals surface area (Å²) in [5, 5.41) is 3.17. The van der Waals surface area contributed by atoms with Gasteiger partial charge < -0.3 is 10.2 Å². The van der Waals surface area contributed by atoms with Crippen molar-refractivity contribution in [1.29, 1.82) is 0 Å². The molecule has 0 spiro atoms. The van der Waals surface area contributed by atoms with Gasteiger partial charge in [-0.05, 0) is 43.7 Å². The maximum atomic E-state index is 13.4. The largest absolute Gasteiger partial charge is 0.354 e. The SMILES string of the molecule is Cc1ccc(C(=O)N2[C@H](C(=O)NCC(C)C)CS[C@H]2C2CCCCC2)cc1. The molecular weight excluding hydrogens is 356 g/mol. The summed E-state index contributed by atoms with van der Waals surface area (Å²) in [5.74, 6) is 1.59. The van der Waals surface area contributed by atoms with E-state index in [0.29, 0.717) is 29.7 Å². The van der Waals surface area contributed by atoms with Crippen molar-refractivity contribution in [3.05, 3.63) is 35.4 Å². The molecule has 1 aromatic rings. The second-order valence-corrected chi connectivity index (χ2v) is 9.50. The minimum Gasteiger partial charge on any atom is -0.354 e. The number of aryl methyl sites for hydroxylation is 1. The van der Waals surface area contributed by atoms with Gasteiger partial charge in [-0.1, -0.05) is 50.8 Å². The van der Waals surface area contributed by atoms with Gasteiger partial charge in [0.2, 0.25) is 5.91 Å². The fourth-order valence-electron chi connectivity index (χ4n) is 4.04. The smallest absolute Gasteiger partial charge is 0.255 e. The molecule has 0 radical (unpaired) electrons. The van der Waals surface area contributed by atoms with E-state index in [-0.39, 0.29) is 23.2 Å². The summed E-state index contributed by atoms with van der Waals surface area (Å²) in [4.78, 5) is 28.2. The number of carbonyl (C=O) groups is 2. The lowest BCUT2D eigenvalue weighted by atomic mass is 9.88. The lowest BCUT2D eigenvalue weighted by molar-refractivity contribution is -0.125. The fraction of sp³-hybridized carbons (Fsp3) is 0.636. The van der Waals surface area contributed by atoms with E-state index in [1.54, 1.807) is 11.8 Å². The fourth-order valence-corrected chi connectivity index (χ4v) is 5.68. The molecule has 27 heavy (non-hydrogen) atoms. The summed E-state index contributed by atoms with van der Waals surface area (Å²) >= 11 is 1.80. The molecule has 1 N–H and O–H groups in total. The number of thioether (sulfide) groups is 1. The molecule has 3 rings (SSSR count). The predicted octanol–water partition coefficient (Wildman–Crippen LogP) is 4.23. The second kappa shape index (κ2) is 9.13. The van der Waals surface area contributed by atoms with Crippen molar-refractivity contribution in [2.45, 2.75) is 64.3 Å². The number of hydrogen-bond donors (Lipinski definition) is 1. The topological polar surface area (TPSA) is 49.4 Å². The van der Waals surface area contributed by atoms with Crippen molar-refractivity contribution in [2.75, 3.05) is 12.3 Å². The molecule has 1 aliphatic heterocycles. The van der Waals surface area contributed by atoms with Crippen molar-refractivity contribution in [1.82, 2.24) is 10.2 Å². The Labute approximate surface area is 167 Å². The number of hydrogen-bond acceptors (Lipinski definition) is 3. The zero-order valence-electron chi connectivity index (χ0n) is 16.7. The first-order valence-electron chi connectivity index (χ1n) is 10.3. The molecule has 4 nitrogen and oxygen atoms in total. The molecule has 148 valence electrons. The van der Waals surface area contributed by atoms with E-state index in [4.69, 9.17) is 0 Å². The molecule has 1 aromatic carbocycles. The van der Waals surface area contributed by atoms with E-state index >= 15 is 0 Å². The minimum absolute atomic E-state index is 0.000250. The molecule has 0 aromatic heterocycles.